The van der Waals surface area contributed by atoms with Crippen molar-refractivity contribution >= 4 is 75.9 Å². The number of carboxylic acid groups (broad SMARTS) is 1. The van der Waals surface area contributed by atoms with Crippen LogP contribution >= 0.6 is 0 Å². The number of phenols is 2. The van der Waals surface area contributed by atoms with E-state index < -0.39 is 133 Å². The van der Waals surface area contributed by atoms with Crippen LogP contribution in [0.5, 0.6) is 11.5 Å². The van der Waals surface area contributed by atoms with E-state index in [-0.39, 0.29) is 63.0 Å². The highest BCUT2D eigenvalue weighted by Gasteiger charge is 2.40. The van der Waals surface area contributed by atoms with Crippen molar-refractivity contribution in [2.45, 2.75) is 133 Å². The number of rotatable bonds is 14. The zero-order valence-electron chi connectivity index (χ0n) is 48.6. The molecule has 2 fully saturated rings. The number of nitrogens with one attached hydrogen (secondary N) is 9. The highest BCUT2D eigenvalue weighted by molar-refractivity contribution is 6.00. The summed E-state index contributed by atoms with van der Waals surface area (Å²) in [4.78, 5) is 161. The Kier molecular flexibility index (Phi) is 22.9. The number of benzene rings is 4. The van der Waals surface area contributed by atoms with Gasteiger partial charge in [-0.2, -0.15) is 0 Å². The molecule has 7 rings (SSSR count). The van der Waals surface area contributed by atoms with Gasteiger partial charge in [-0.15, -0.1) is 0 Å². The predicted molar refractivity (Wildman–Crippen MR) is 317 cm³/mol. The number of para-hydroxylation sites is 1. The molecule has 2 saturated heterocycles. The highest BCUT2D eigenvalue weighted by Crippen LogP contribution is 2.22. The number of nitrogens with zero attached hydrogens (tertiary/aromatic N) is 2. The lowest BCUT2D eigenvalue weighted by Gasteiger charge is -2.30. The maximum absolute atomic E-state index is 14.9. The number of unbranched alkanes of at least 4 members (excludes halogenated alkanes) is 2. The smallest absolute Gasteiger partial charge is 0.305 e. The molecule has 87 heavy (non-hydrogen) atoms. The summed E-state index contributed by atoms with van der Waals surface area (Å²) in [5.74, 6) is -10.2. The van der Waals surface area contributed by atoms with Gasteiger partial charge in [-0.3, -0.25) is 52.7 Å². The number of H-pyrrole nitrogens is 1. The van der Waals surface area contributed by atoms with Crippen LogP contribution in [0.1, 0.15) is 81.0 Å². The molecule has 25 nitrogen and oxygen atoms in total. The first kappa shape index (κ1) is 64.7. The number of aliphatic carboxylic acids is 1. The van der Waals surface area contributed by atoms with Crippen molar-refractivity contribution < 1.29 is 68.1 Å². The van der Waals surface area contributed by atoms with Crippen LogP contribution < -0.4 is 42.5 Å². The van der Waals surface area contributed by atoms with Gasteiger partial charge >= 0.3 is 5.97 Å². The Labute approximate surface area is 502 Å². The highest BCUT2D eigenvalue weighted by atomic mass is 16.4. The minimum atomic E-state index is -1.78. The first-order valence-corrected chi connectivity index (χ1v) is 29.0. The Morgan fingerprint density at radius 2 is 1.10 bits per heavy atom. The predicted octanol–water partition coefficient (Wildman–Crippen LogP) is 0.897. The van der Waals surface area contributed by atoms with Crippen LogP contribution in [0.4, 0.5) is 0 Å². The molecule has 0 aliphatic carbocycles. The van der Waals surface area contributed by atoms with Crippen LogP contribution in [0.2, 0.25) is 0 Å². The van der Waals surface area contributed by atoms with Gasteiger partial charge in [0.25, 0.3) is 0 Å². The number of carbonyl (C=O) groups is 11. The van der Waals surface area contributed by atoms with E-state index >= 15 is 0 Å². The Balaban J connectivity index is 1.26. The third-order valence-electron chi connectivity index (χ3n) is 15.4. The third-order valence-corrected chi connectivity index (χ3v) is 15.4. The Hall–Kier alpha value is -9.81. The molecule has 462 valence electrons. The normalized spacial score (nSPS) is 23.0. The summed E-state index contributed by atoms with van der Waals surface area (Å²) in [7, 11) is 1.34. The number of carboxylic acids is 1. The van der Waals surface area contributed by atoms with E-state index in [1.54, 1.807) is 54.7 Å². The van der Waals surface area contributed by atoms with E-state index in [1.165, 1.54) is 50.4 Å². The maximum atomic E-state index is 14.9. The van der Waals surface area contributed by atoms with Gasteiger partial charge in [0.2, 0.25) is 59.1 Å². The molecule has 0 spiro atoms. The monoisotopic (exact) mass is 1200 g/mol. The van der Waals surface area contributed by atoms with Gasteiger partial charge in [0.05, 0.1) is 19.5 Å². The molecule has 25 heteroatoms. The molecule has 4 aromatic carbocycles. The molecule has 10 amide bonds. The van der Waals surface area contributed by atoms with Crippen LogP contribution in [0.3, 0.4) is 0 Å². The second kappa shape index (κ2) is 30.8. The van der Waals surface area contributed by atoms with E-state index in [2.05, 4.69) is 47.5 Å². The van der Waals surface area contributed by atoms with Crippen molar-refractivity contribution in [1.82, 2.24) is 57.3 Å². The second-order valence-corrected chi connectivity index (χ2v) is 21.8. The van der Waals surface area contributed by atoms with Gasteiger partial charge in [-0.05, 0) is 78.8 Å². The first-order chi connectivity index (χ1) is 41.7. The van der Waals surface area contributed by atoms with Gasteiger partial charge in [-0.25, -0.2) is 0 Å². The lowest BCUT2D eigenvalue weighted by Crippen LogP contribution is -2.61. The van der Waals surface area contributed by atoms with E-state index in [9.17, 15) is 68.1 Å². The summed E-state index contributed by atoms with van der Waals surface area (Å²) in [6.45, 7) is 1.89. The van der Waals surface area contributed by atoms with Crippen molar-refractivity contribution in [3.63, 3.8) is 0 Å². The van der Waals surface area contributed by atoms with Gasteiger partial charge in [0, 0.05) is 56.4 Å². The average molecular weight is 1200 g/mol. The van der Waals surface area contributed by atoms with Gasteiger partial charge in [0.15, 0.2) is 0 Å². The summed E-state index contributed by atoms with van der Waals surface area (Å²) in [6.07, 6.45) is 2.28. The summed E-state index contributed by atoms with van der Waals surface area (Å²) >= 11 is 0. The molecular formula is C62H75N11O14. The summed E-state index contributed by atoms with van der Waals surface area (Å²) in [6, 6.07) is 15.9. The molecule has 2 aliphatic heterocycles. The zero-order valence-corrected chi connectivity index (χ0v) is 48.6. The SMILES string of the molecule is CCCCC[C@@H]1NC(=O)[C@H](Cc2ccc(O)cc2)NC(=O)[C@H](Cc2ccccc2)N(C)C(=O)CNC(=O)CNC(=O)[C@H]2CCCN2C(=O)[C@H](CC(=O)O)NC(=O)[C@H](Cc2ccc(O)cc2)NC(=O)[C@@H](C)NC(=O)[C@H](Cc2c[nH]c3ccccc23)NC1=O. The standard InChI is InChI=1S/C62H75N11O14/c1-4-5-7-17-45-56(81)69-48(31-40-33-63-44-16-11-10-15-43(40)44)57(82)66-36(2)55(80)68-46(28-38-19-23-41(74)24-20-38)59(84)71-49(32-54(78)79)62(87)73-27-12-18-50(73)60(85)65-34-52(76)64-35-53(77)72(3)51(30-37-13-8-6-9-14-37)61(86)70-47(58(83)67-45)29-39-21-25-42(75)26-22-39/h6,8-11,13-16,19-26,33,36,45-51,63,74-75H,4-5,7,12,17-18,27-32,34-35H2,1-3H3,(H,64,76)(H,65,85)(H,66,82)(H,67,83)(H,68,80)(H,69,81)(H,70,86)(H,71,84)(H,78,79)/t36-,45+,46+,47+,48+,49+,50-,51+/m1/s1. The Morgan fingerprint density at radius 1 is 0.563 bits per heavy atom. The molecule has 0 unspecified atom stereocenters. The summed E-state index contributed by atoms with van der Waals surface area (Å²) in [5, 5.41) is 51.9. The number of likely N-dealkylation sites (N-methyl/N-ethyl adjacent to an activating group) is 1. The number of fused-ring (bicyclic) bond motifs is 2. The summed E-state index contributed by atoms with van der Waals surface area (Å²) in [5.41, 5.74) is 2.84. The first-order valence-electron chi connectivity index (χ1n) is 29.0. The fourth-order valence-electron chi connectivity index (χ4n) is 10.5. The lowest BCUT2D eigenvalue weighted by atomic mass is 10.00. The largest absolute Gasteiger partial charge is 0.508 e. The third kappa shape index (κ3) is 18.3. The molecule has 5 aromatic rings. The van der Waals surface area contributed by atoms with Crippen molar-refractivity contribution in [3.05, 3.63) is 132 Å². The van der Waals surface area contributed by atoms with Crippen LogP contribution in [-0.2, 0) is 78.4 Å². The number of amides is 10. The number of phenolic OH excluding ortho intramolecular Hbond substituents is 2. The Bertz CT molecular complexity index is 3280. The molecule has 0 bridgehead atoms. The quantitative estimate of drug-likeness (QED) is 0.0688. The van der Waals surface area contributed by atoms with Crippen LogP contribution in [-0.4, -0.2) is 170 Å². The Morgan fingerprint density at radius 3 is 1.74 bits per heavy atom. The molecule has 8 atom stereocenters. The second-order valence-electron chi connectivity index (χ2n) is 21.8. The van der Waals surface area contributed by atoms with E-state index in [1.807, 2.05) is 25.1 Å². The number of aromatic amines is 1. The molecule has 0 radical (unpaired) electrons. The van der Waals surface area contributed by atoms with Gasteiger partial charge < -0.3 is 72.6 Å². The fraction of sp³-hybridized carbons (Fsp3) is 0.403. The number of hydrogen-bond donors (Lipinski definition) is 12. The van der Waals surface area contributed by atoms with Crippen molar-refractivity contribution in [2.24, 2.45) is 0 Å². The van der Waals surface area contributed by atoms with E-state index in [0.717, 1.165) is 21.7 Å². The number of carbonyl (C=O) groups excluding carboxylic acids is 10. The minimum Gasteiger partial charge on any atom is -0.508 e. The van der Waals surface area contributed by atoms with E-state index in [0.29, 0.717) is 40.5 Å². The lowest BCUT2D eigenvalue weighted by molar-refractivity contribution is -0.146. The van der Waals surface area contributed by atoms with Crippen molar-refractivity contribution in [3.8, 4) is 11.5 Å². The number of aromatic hydroxyl groups is 2. The molecule has 2 aliphatic rings. The minimum absolute atomic E-state index is 0.0396. The summed E-state index contributed by atoms with van der Waals surface area (Å²) < 4.78 is 0. The number of aromatic nitrogens is 1. The molecular weight excluding hydrogens is 1120 g/mol. The van der Waals surface area contributed by atoms with Gasteiger partial charge in [0.1, 0.15) is 59.8 Å². The molecule has 3 heterocycles. The fourth-order valence-corrected chi connectivity index (χ4v) is 10.5. The van der Waals surface area contributed by atoms with Crippen molar-refractivity contribution in [2.75, 3.05) is 26.7 Å². The zero-order chi connectivity index (χ0) is 62.7. The molecule has 0 saturated carbocycles. The number of hydrogen-bond acceptors (Lipinski definition) is 13. The van der Waals surface area contributed by atoms with Crippen LogP contribution in [0.15, 0.2) is 109 Å². The topological polar surface area (TPSA) is 367 Å². The maximum Gasteiger partial charge on any atom is 0.305 e. The van der Waals surface area contributed by atoms with Crippen molar-refractivity contribution in [1.29, 1.82) is 0 Å². The van der Waals surface area contributed by atoms with Gasteiger partial charge in [-0.1, -0.05) is 99.0 Å². The molecule has 1 aromatic heterocycles. The van der Waals surface area contributed by atoms with Crippen LogP contribution in [0, 0.1) is 0 Å². The van der Waals surface area contributed by atoms with Crippen LogP contribution in [0.25, 0.3) is 10.9 Å². The average Bonchev–Trinajstić information content (AvgIpc) is 4.19. The van der Waals surface area contributed by atoms with E-state index in [4.69, 9.17) is 0 Å². The molecule has 12 N–H and O–H groups in total.